The molecule has 41 heavy (non-hydrogen) atoms. The molecule has 2 aromatic heterocycles. The number of benzene rings is 6. The van der Waals surface area contributed by atoms with Crippen LogP contribution in [0.2, 0.25) is 0 Å². The summed E-state index contributed by atoms with van der Waals surface area (Å²) in [7, 11) is 0. The summed E-state index contributed by atoms with van der Waals surface area (Å²) < 4.78 is 6.55. The van der Waals surface area contributed by atoms with Crippen molar-refractivity contribution in [1.29, 1.82) is 0 Å². The molecule has 0 fully saturated rings. The van der Waals surface area contributed by atoms with E-state index >= 15 is 0 Å². The van der Waals surface area contributed by atoms with Gasteiger partial charge in [0.2, 0.25) is 0 Å². The highest BCUT2D eigenvalue weighted by Crippen LogP contribution is 2.42. The third-order valence-corrected chi connectivity index (χ3v) is 8.56. The Kier molecular flexibility index (Phi) is 4.73. The molecule has 3 heteroatoms. The minimum Gasteiger partial charge on any atom is -0.456 e. The maximum absolute atomic E-state index is 6.55. The number of hydrogen-bond acceptors (Lipinski definition) is 3. The number of hydrogen-bond donors (Lipinski definition) is 0. The molecule has 0 aliphatic heterocycles. The van der Waals surface area contributed by atoms with Gasteiger partial charge < -0.3 is 4.42 Å². The van der Waals surface area contributed by atoms with Crippen molar-refractivity contribution in [3.63, 3.8) is 0 Å². The van der Waals surface area contributed by atoms with Crippen molar-refractivity contribution in [1.82, 2.24) is 9.97 Å². The molecule has 0 spiro atoms. The second-order valence-electron chi connectivity index (χ2n) is 10.9. The number of para-hydroxylation sites is 2. The van der Waals surface area contributed by atoms with Gasteiger partial charge in [0.05, 0.1) is 22.4 Å². The van der Waals surface area contributed by atoms with Crippen molar-refractivity contribution in [2.24, 2.45) is 0 Å². The predicted octanol–water partition coefficient (Wildman–Crippen LogP) is 8.86. The van der Waals surface area contributed by atoms with Crippen molar-refractivity contribution in [3.8, 4) is 22.4 Å². The summed E-state index contributed by atoms with van der Waals surface area (Å²) >= 11 is 0. The van der Waals surface area contributed by atoms with Gasteiger partial charge in [0.1, 0.15) is 11.0 Å². The van der Waals surface area contributed by atoms with E-state index in [1.165, 1.54) is 43.6 Å². The van der Waals surface area contributed by atoms with Crippen LogP contribution >= 0.6 is 0 Å². The minimum absolute atomic E-state index is 0.0140. The molecule has 0 bridgehead atoms. The van der Waals surface area contributed by atoms with Crippen LogP contribution in [-0.2, 0) is 6.42 Å². The molecule has 1 aliphatic rings. The van der Waals surface area contributed by atoms with Crippen LogP contribution in [-0.4, -0.2) is 9.97 Å². The van der Waals surface area contributed by atoms with Crippen LogP contribution < -0.4 is 5.42 Å². The zero-order valence-electron chi connectivity index (χ0n) is 22.2. The van der Waals surface area contributed by atoms with E-state index in [1.54, 1.807) is 0 Å². The molecule has 1 unspecified atom stereocenters. The van der Waals surface area contributed by atoms with Gasteiger partial charge >= 0.3 is 0 Å². The summed E-state index contributed by atoms with van der Waals surface area (Å²) in [5.41, 5.74) is 10.3. The Labute approximate surface area is 236 Å². The van der Waals surface area contributed by atoms with Crippen molar-refractivity contribution < 1.29 is 4.42 Å². The molecule has 0 amide bonds. The monoisotopic (exact) mass is 524 g/mol. The lowest BCUT2D eigenvalue weighted by atomic mass is 9.83. The molecule has 0 radical (unpaired) electrons. The fraction of sp³-hybridized carbons (Fsp3) is 0.0526. The summed E-state index contributed by atoms with van der Waals surface area (Å²) in [5, 5.41) is 6.28. The molecular formula is C38H24N2O. The highest BCUT2D eigenvalue weighted by molar-refractivity contribution is 6.22. The Hall–Kier alpha value is -5.28. The number of aromatic nitrogens is 2. The first kappa shape index (κ1) is 22.5. The van der Waals surface area contributed by atoms with Crippen LogP contribution in [0, 0.1) is 0 Å². The lowest BCUT2D eigenvalue weighted by molar-refractivity contribution is 0.576. The SMILES string of the molecule is C1=c2oc3cccc4c5ccccc5c(c2c34)CC1c1nc2ccccc2nc1-c1cccc(-c2ccccc2)c1. The molecule has 6 aromatic carbocycles. The Balaban J connectivity index is 1.31. The third-order valence-electron chi connectivity index (χ3n) is 8.56. The van der Waals surface area contributed by atoms with Gasteiger partial charge in [-0.15, -0.1) is 0 Å². The average Bonchev–Trinajstić information content (AvgIpc) is 3.43. The van der Waals surface area contributed by atoms with Gasteiger partial charge in [-0.1, -0.05) is 97.1 Å². The lowest BCUT2D eigenvalue weighted by Crippen LogP contribution is -2.16. The van der Waals surface area contributed by atoms with Gasteiger partial charge in [-0.3, -0.25) is 0 Å². The molecule has 0 saturated heterocycles. The number of furan rings is 1. The van der Waals surface area contributed by atoms with Crippen molar-refractivity contribution in [2.45, 2.75) is 12.3 Å². The molecule has 1 atom stereocenters. The number of nitrogens with zero attached hydrogens (tertiary/aromatic N) is 2. The second-order valence-corrected chi connectivity index (χ2v) is 10.9. The maximum atomic E-state index is 6.55. The molecule has 0 N–H and O–H groups in total. The van der Waals surface area contributed by atoms with E-state index < -0.39 is 0 Å². The first-order valence-corrected chi connectivity index (χ1v) is 14.1. The van der Waals surface area contributed by atoms with Crippen LogP contribution in [0.25, 0.3) is 72.0 Å². The van der Waals surface area contributed by atoms with Crippen LogP contribution in [0.4, 0.5) is 0 Å². The van der Waals surface area contributed by atoms with E-state index in [1.807, 2.05) is 18.2 Å². The Morgan fingerprint density at radius 1 is 0.561 bits per heavy atom. The average molecular weight is 525 g/mol. The van der Waals surface area contributed by atoms with E-state index in [2.05, 4.69) is 109 Å². The molecule has 1 aliphatic carbocycles. The van der Waals surface area contributed by atoms with Crippen molar-refractivity contribution in [2.75, 3.05) is 0 Å². The quantitative estimate of drug-likeness (QED) is 0.217. The third kappa shape index (κ3) is 3.39. The van der Waals surface area contributed by atoms with Gasteiger partial charge in [-0.2, -0.15) is 0 Å². The zero-order chi connectivity index (χ0) is 26.9. The van der Waals surface area contributed by atoms with E-state index in [0.29, 0.717) is 0 Å². The van der Waals surface area contributed by atoms with E-state index in [9.17, 15) is 0 Å². The van der Waals surface area contributed by atoms with Gasteiger partial charge in [0.25, 0.3) is 0 Å². The molecule has 3 nitrogen and oxygen atoms in total. The molecule has 0 saturated carbocycles. The lowest BCUT2D eigenvalue weighted by Gasteiger charge is -2.22. The van der Waals surface area contributed by atoms with Gasteiger partial charge in [0, 0.05) is 22.3 Å². The zero-order valence-corrected chi connectivity index (χ0v) is 22.2. The summed E-state index contributed by atoms with van der Waals surface area (Å²) in [6.45, 7) is 0. The van der Waals surface area contributed by atoms with Crippen LogP contribution in [0.1, 0.15) is 17.2 Å². The number of rotatable bonds is 3. The second kappa shape index (κ2) is 8.61. The van der Waals surface area contributed by atoms with Gasteiger partial charge in [-0.25, -0.2) is 9.97 Å². The van der Waals surface area contributed by atoms with E-state index in [0.717, 1.165) is 45.4 Å². The topological polar surface area (TPSA) is 38.9 Å². The predicted molar refractivity (Wildman–Crippen MR) is 168 cm³/mol. The molecular weight excluding hydrogens is 500 g/mol. The van der Waals surface area contributed by atoms with E-state index in [-0.39, 0.29) is 5.92 Å². The summed E-state index contributed by atoms with van der Waals surface area (Å²) in [6, 6.07) is 42.5. The van der Waals surface area contributed by atoms with Gasteiger partial charge in [0.15, 0.2) is 0 Å². The highest BCUT2D eigenvalue weighted by Gasteiger charge is 2.28. The summed E-state index contributed by atoms with van der Waals surface area (Å²) in [5.74, 6) is 0.0140. The molecule has 192 valence electrons. The van der Waals surface area contributed by atoms with Crippen LogP contribution in [0.3, 0.4) is 0 Å². The first-order chi connectivity index (χ1) is 20.3. The largest absolute Gasteiger partial charge is 0.456 e. The number of fused-ring (bicyclic) bond motifs is 4. The van der Waals surface area contributed by atoms with Crippen molar-refractivity contribution >= 4 is 49.6 Å². The van der Waals surface area contributed by atoms with Crippen molar-refractivity contribution in [3.05, 3.63) is 138 Å². The normalized spacial score (nSPS) is 14.7. The van der Waals surface area contributed by atoms with E-state index in [4.69, 9.17) is 14.4 Å². The van der Waals surface area contributed by atoms with Crippen LogP contribution in [0.15, 0.2) is 126 Å². The smallest absolute Gasteiger partial charge is 0.136 e. The fourth-order valence-corrected chi connectivity index (χ4v) is 6.73. The minimum atomic E-state index is 0.0140. The molecule has 2 heterocycles. The van der Waals surface area contributed by atoms with Gasteiger partial charge in [-0.05, 0) is 69.6 Å². The molecule has 9 rings (SSSR count). The maximum Gasteiger partial charge on any atom is 0.136 e. The Morgan fingerprint density at radius 2 is 1.24 bits per heavy atom. The molecule has 8 aromatic rings. The highest BCUT2D eigenvalue weighted by atomic mass is 16.3. The first-order valence-electron chi connectivity index (χ1n) is 14.1. The summed E-state index contributed by atoms with van der Waals surface area (Å²) in [6.07, 6.45) is 3.12. The summed E-state index contributed by atoms with van der Waals surface area (Å²) in [4.78, 5) is 10.5. The fourth-order valence-electron chi connectivity index (χ4n) is 6.73. The Bertz CT molecular complexity index is 2350. The standard InChI is InChI=1S/C38H24N2O/c1-2-10-23(11-3-1)24-12-8-13-25(20-24)37-38(40-32-18-7-6-17-31(32)39-37)26-21-30-28-15-5-4-14-27(28)29-16-9-19-33-35(29)36(30)34(22-26)41-33/h1-20,22,26H,21H2. The van der Waals surface area contributed by atoms with Crippen LogP contribution in [0.5, 0.6) is 0 Å². The Morgan fingerprint density at radius 3 is 2.12 bits per heavy atom.